The number of benzene rings is 1. The van der Waals surface area contributed by atoms with E-state index in [1.54, 1.807) is 12.1 Å². The number of hydrogen-bond donors (Lipinski definition) is 1. The number of aliphatic hydroxyl groups excluding tert-OH is 1. The van der Waals surface area contributed by atoms with Crippen molar-refractivity contribution in [1.29, 1.82) is 0 Å². The Hall–Kier alpha value is -1.12. The van der Waals surface area contributed by atoms with Crippen LogP contribution in [0.4, 0.5) is 13.2 Å². The smallest absolute Gasteiger partial charge is 0.392 e. The Morgan fingerprint density at radius 3 is 2.35 bits per heavy atom. The molecule has 1 aromatic rings. The molecule has 0 aliphatic rings. The molecule has 0 aliphatic heterocycles. The van der Waals surface area contributed by atoms with Crippen molar-refractivity contribution in [3.8, 4) is 0 Å². The van der Waals surface area contributed by atoms with E-state index in [1.165, 1.54) is 19.1 Å². The van der Waals surface area contributed by atoms with Crippen molar-refractivity contribution in [1.82, 2.24) is 4.31 Å². The second-order valence-electron chi connectivity index (χ2n) is 4.28. The van der Waals surface area contributed by atoms with E-state index >= 15 is 0 Å². The third-order valence-electron chi connectivity index (χ3n) is 2.62. The van der Waals surface area contributed by atoms with Crippen LogP contribution in [0.5, 0.6) is 0 Å². The molecule has 0 spiro atoms. The summed E-state index contributed by atoms with van der Waals surface area (Å²) in [6, 6.07) is 6.11. The van der Waals surface area contributed by atoms with E-state index in [9.17, 15) is 21.6 Å². The molecule has 0 fully saturated rings. The van der Waals surface area contributed by atoms with Crippen LogP contribution in [-0.4, -0.2) is 37.1 Å². The summed E-state index contributed by atoms with van der Waals surface area (Å²) in [5, 5.41) is 8.96. The quantitative estimate of drug-likeness (QED) is 0.873. The summed E-state index contributed by atoms with van der Waals surface area (Å²) in [5.41, 5.74) is 0.855. The van der Waals surface area contributed by atoms with Gasteiger partial charge in [-0.3, -0.25) is 0 Å². The molecule has 0 saturated heterocycles. The van der Waals surface area contributed by atoms with Crippen LogP contribution in [0, 0.1) is 0 Å². The number of alkyl halides is 3. The lowest BCUT2D eigenvalue weighted by atomic mass is 10.1. The van der Waals surface area contributed by atoms with Crippen LogP contribution in [0.2, 0.25) is 0 Å². The summed E-state index contributed by atoms with van der Waals surface area (Å²) in [6.45, 7) is -0.644. The minimum atomic E-state index is -4.57. The lowest BCUT2D eigenvalue weighted by Gasteiger charge is -2.21. The van der Waals surface area contributed by atoms with Crippen LogP contribution >= 0.6 is 0 Å². The molecule has 0 aromatic heterocycles. The van der Waals surface area contributed by atoms with Crippen LogP contribution in [0.15, 0.2) is 24.3 Å². The monoisotopic (exact) mass is 311 g/mol. The molecule has 0 saturated carbocycles. The molecule has 114 valence electrons. The van der Waals surface area contributed by atoms with E-state index in [-0.39, 0.29) is 13.2 Å². The first-order valence-corrected chi connectivity index (χ1v) is 7.52. The predicted molar refractivity (Wildman–Crippen MR) is 68.3 cm³/mol. The van der Waals surface area contributed by atoms with E-state index in [1.807, 2.05) is 0 Å². The second kappa shape index (κ2) is 6.55. The highest BCUT2D eigenvalue weighted by Gasteiger charge is 2.35. The van der Waals surface area contributed by atoms with Gasteiger partial charge in [-0.15, -0.1) is 0 Å². The van der Waals surface area contributed by atoms with Gasteiger partial charge < -0.3 is 5.11 Å². The first-order valence-electron chi connectivity index (χ1n) is 5.91. The molecule has 0 aliphatic carbocycles. The maximum Gasteiger partial charge on any atom is 0.402 e. The van der Waals surface area contributed by atoms with Crippen molar-refractivity contribution in [3.63, 3.8) is 0 Å². The molecule has 0 bridgehead atoms. The minimum Gasteiger partial charge on any atom is -0.392 e. The van der Waals surface area contributed by atoms with Crippen LogP contribution in [0.3, 0.4) is 0 Å². The Bertz CT molecular complexity index is 543. The number of aliphatic hydroxyl groups is 1. The topological polar surface area (TPSA) is 57.6 Å². The standard InChI is InChI=1S/C12H16F3NO3S/c1-2-16(9-12(13,14)15)20(18,19)8-11-5-3-4-10(6-11)7-17/h3-6,17H,2,7-9H2,1H3. The summed E-state index contributed by atoms with van der Waals surface area (Å²) < 4.78 is 61.4. The van der Waals surface area contributed by atoms with Gasteiger partial charge in [0, 0.05) is 6.54 Å². The highest BCUT2D eigenvalue weighted by atomic mass is 32.2. The van der Waals surface area contributed by atoms with E-state index in [2.05, 4.69) is 0 Å². The molecule has 0 atom stereocenters. The predicted octanol–water partition coefficient (Wildman–Crippen LogP) is 1.89. The molecule has 1 N–H and O–H groups in total. The normalized spacial score (nSPS) is 12.9. The van der Waals surface area contributed by atoms with Crippen LogP contribution < -0.4 is 0 Å². The molecular weight excluding hydrogens is 295 g/mol. The number of hydrogen-bond acceptors (Lipinski definition) is 3. The van der Waals surface area contributed by atoms with Gasteiger partial charge in [-0.1, -0.05) is 31.2 Å². The first-order chi connectivity index (χ1) is 9.18. The van der Waals surface area contributed by atoms with Gasteiger partial charge in [0.25, 0.3) is 0 Å². The van der Waals surface area contributed by atoms with Crippen LogP contribution in [0.25, 0.3) is 0 Å². The number of sulfonamides is 1. The Kier molecular flexibility index (Phi) is 5.55. The van der Waals surface area contributed by atoms with Gasteiger partial charge >= 0.3 is 6.18 Å². The van der Waals surface area contributed by atoms with Crippen LogP contribution in [-0.2, 0) is 22.4 Å². The average molecular weight is 311 g/mol. The zero-order valence-corrected chi connectivity index (χ0v) is 11.7. The lowest BCUT2D eigenvalue weighted by molar-refractivity contribution is -0.135. The fourth-order valence-electron chi connectivity index (χ4n) is 1.73. The van der Waals surface area contributed by atoms with E-state index < -0.39 is 28.5 Å². The van der Waals surface area contributed by atoms with E-state index in [4.69, 9.17) is 5.11 Å². The Balaban J connectivity index is 2.91. The number of halogens is 3. The summed E-state index contributed by atoms with van der Waals surface area (Å²) in [7, 11) is -4.05. The second-order valence-corrected chi connectivity index (χ2v) is 6.24. The van der Waals surface area contributed by atoms with Crippen LogP contribution in [0.1, 0.15) is 18.1 Å². The van der Waals surface area contributed by atoms with Crippen molar-refractivity contribution in [2.75, 3.05) is 13.1 Å². The molecule has 4 nitrogen and oxygen atoms in total. The molecule has 1 rings (SSSR count). The molecule has 8 heteroatoms. The van der Waals surface area contributed by atoms with Crippen molar-refractivity contribution in [3.05, 3.63) is 35.4 Å². The van der Waals surface area contributed by atoms with Crippen molar-refractivity contribution in [2.24, 2.45) is 0 Å². The summed E-state index contributed by atoms with van der Waals surface area (Å²) in [6.07, 6.45) is -4.57. The average Bonchev–Trinajstić information content (AvgIpc) is 2.34. The molecule has 0 heterocycles. The SMILES string of the molecule is CCN(CC(F)(F)F)S(=O)(=O)Cc1cccc(CO)c1. The molecule has 0 radical (unpaired) electrons. The van der Waals surface area contributed by atoms with Gasteiger partial charge in [-0.2, -0.15) is 17.5 Å². The molecule has 20 heavy (non-hydrogen) atoms. The van der Waals surface area contributed by atoms with Gasteiger partial charge in [0.1, 0.15) is 6.54 Å². The van der Waals surface area contributed by atoms with Gasteiger partial charge in [0.05, 0.1) is 12.4 Å². The van der Waals surface area contributed by atoms with Crippen molar-refractivity contribution < 1.29 is 26.7 Å². The largest absolute Gasteiger partial charge is 0.402 e. The lowest BCUT2D eigenvalue weighted by Crippen LogP contribution is -2.39. The van der Waals surface area contributed by atoms with Gasteiger partial charge in [-0.25, -0.2) is 8.42 Å². The zero-order chi connectivity index (χ0) is 15.4. The first kappa shape index (κ1) is 16.9. The highest BCUT2D eigenvalue weighted by molar-refractivity contribution is 7.88. The number of rotatable bonds is 6. The Labute approximate surface area is 115 Å². The maximum atomic E-state index is 12.3. The molecule has 0 amide bonds. The van der Waals surface area contributed by atoms with Gasteiger partial charge in [0.15, 0.2) is 0 Å². The van der Waals surface area contributed by atoms with Gasteiger partial charge in [-0.05, 0) is 11.1 Å². The molecule has 0 unspecified atom stereocenters. The zero-order valence-electron chi connectivity index (χ0n) is 10.9. The highest BCUT2D eigenvalue weighted by Crippen LogP contribution is 2.20. The third kappa shape index (κ3) is 5.10. The van der Waals surface area contributed by atoms with Crippen molar-refractivity contribution in [2.45, 2.75) is 25.5 Å². The fraction of sp³-hybridized carbons (Fsp3) is 0.500. The van der Waals surface area contributed by atoms with E-state index in [0.717, 1.165) is 0 Å². The fourth-order valence-corrected chi connectivity index (χ4v) is 3.25. The Morgan fingerprint density at radius 2 is 1.85 bits per heavy atom. The summed E-state index contributed by atoms with van der Waals surface area (Å²) in [5.74, 6) is -0.523. The molecule has 1 aromatic carbocycles. The van der Waals surface area contributed by atoms with Crippen molar-refractivity contribution >= 4 is 10.0 Å². The third-order valence-corrected chi connectivity index (χ3v) is 4.50. The Morgan fingerprint density at radius 1 is 1.25 bits per heavy atom. The maximum absolute atomic E-state index is 12.3. The van der Waals surface area contributed by atoms with E-state index in [0.29, 0.717) is 15.4 Å². The number of nitrogens with zero attached hydrogens (tertiary/aromatic N) is 1. The molecular formula is C12H16F3NO3S. The minimum absolute atomic E-state index is 0.248. The summed E-state index contributed by atoms with van der Waals surface area (Å²) in [4.78, 5) is 0. The van der Waals surface area contributed by atoms with Gasteiger partial charge in [0.2, 0.25) is 10.0 Å². The summed E-state index contributed by atoms with van der Waals surface area (Å²) >= 11 is 0.